The van der Waals surface area contributed by atoms with Crippen LogP contribution in [0, 0.1) is 18.3 Å². The second kappa shape index (κ2) is 17.2. The standard InChI is InChI=1S/C10H14.2C2F6NO4S2.C2H3N.Ru/c1-8(2)10-6-4-9(3)5-7-10;2*3-1(4,5)14(10,11)9-15(12,13)2(6,7)8;1-2-3;/h4-8H,1-3H3;;;1H3;/q;2*-1;;+2. The van der Waals surface area contributed by atoms with Crippen molar-refractivity contribution in [2.45, 2.75) is 55.6 Å². The van der Waals surface area contributed by atoms with Crippen LogP contribution in [0.5, 0.6) is 0 Å². The van der Waals surface area contributed by atoms with E-state index >= 15 is 0 Å². The summed E-state index contributed by atoms with van der Waals surface area (Å²) >= 11 is 0. The van der Waals surface area contributed by atoms with E-state index in [0.29, 0.717) is 5.92 Å². The molecule has 0 radical (unpaired) electrons. The molecule has 28 heteroatoms. The molecule has 11 nitrogen and oxygen atoms in total. The number of hydrogen-bond acceptors (Lipinski definition) is 9. The van der Waals surface area contributed by atoms with Crippen molar-refractivity contribution in [3.8, 4) is 6.07 Å². The predicted molar refractivity (Wildman–Crippen MR) is 123 cm³/mol. The maximum absolute atomic E-state index is 11.4. The van der Waals surface area contributed by atoms with E-state index in [1.165, 1.54) is 18.1 Å². The Morgan fingerprint density at radius 3 is 0.909 bits per heavy atom. The first kappa shape index (κ1) is 49.1. The number of alkyl halides is 12. The van der Waals surface area contributed by atoms with Crippen molar-refractivity contribution in [2.75, 3.05) is 0 Å². The molecular formula is C16H17F12N3O8RuS4. The number of nitriles is 1. The van der Waals surface area contributed by atoms with E-state index in [-0.39, 0.29) is 19.5 Å². The van der Waals surface area contributed by atoms with Crippen LogP contribution < -0.4 is 0 Å². The van der Waals surface area contributed by atoms with Gasteiger partial charge in [0.2, 0.25) is 0 Å². The summed E-state index contributed by atoms with van der Waals surface area (Å²) < 4.78 is 218. The molecule has 0 saturated heterocycles. The third-order valence-electron chi connectivity index (χ3n) is 3.31. The van der Waals surface area contributed by atoms with Gasteiger partial charge >= 0.3 is 41.5 Å². The molecule has 0 atom stereocenters. The van der Waals surface area contributed by atoms with Crippen LogP contribution in [-0.2, 0) is 59.6 Å². The summed E-state index contributed by atoms with van der Waals surface area (Å²) in [5.74, 6) is 0.653. The van der Waals surface area contributed by atoms with E-state index < -0.39 is 62.1 Å². The predicted octanol–water partition coefficient (Wildman–Crippen LogP) is 5.76. The zero-order valence-corrected chi connectivity index (χ0v) is 26.5. The van der Waals surface area contributed by atoms with E-state index in [4.69, 9.17) is 5.26 Å². The van der Waals surface area contributed by atoms with Crippen LogP contribution in [0.25, 0.3) is 8.25 Å². The number of benzene rings is 1. The number of aryl methyl sites for hydroxylation is 1. The molecule has 260 valence electrons. The first-order valence-electron chi connectivity index (χ1n) is 9.64. The van der Waals surface area contributed by atoms with Gasteiger partial charge in [-0.25, -0.2) is 33.7 Å². The topological polar surface area (TPSA) is 189 Å². The van der Waals surface area contributed by atoms with Crippen molar-refractivity contribution >= 4 is 40.1 Å². The summed E-state index contributed by atoms with van der Waals surface area (Å²) in [7, 11) is -26.9. The Labute approximate surface area is 256 Å². The summed E-state index contributed by atoms with van der Waals surface area (Å²) in [4.78, 5) is 0. The van der Waals surface area contributed by atoms with Gasteiger partial charge in [-0.3, -0.25) is 0 Å². The van der Waals surface area contributed by atoms with Crippen LogP contribution in [0.15, 0.2) is 24.3 Å². The molecule has 1 aromatic carbocycles. The minimum Gasteiger partial charge on any atom is -0.421 e. The summed E-state index contributed by atoms with van der Waals surface area (Å²) in [5, 5.41) is 7.32. The monoisotopic (exact) mass is 837 g/mol. The normalized spacial score (nSPS) is 13.0. The maximum atomic E-state index is 11.4. The Morgan fingerprint density at radius 2 is 0.773 bits per heavy atom. The fourth-order valence-electron chi connectivity index (χ4n) is 1.38. The Morgan fingerprint density at radius 1 is 0.591 bits per heavy atom. The molecule has 0 N–H and O–H groups in total. The van der Waals surface area contributed by atoms with Gasteiger partial charge in [-0.05, 0) is 18.4 Å². The van der Waals surface area contributed by atoms with E-state index in [0.717, 1.165) is 8.25 Å². The molecule has 0 aliphatic heterocycles. The van der Waals surface area contributed by atoms with Gasteiger partial charge in [0, 0.05) is 6.92 Å². The van der Waals surface area contributed by atoms with Gasteiger partial charge < -0.3 is 8.25 Å². The summed E-state index contributed by atoms with van der Waals surface area (Å²) in [6.45, 7) is 7.97. The molecule has 0 spiro atoms. The minimum atomic E-state index is -6.72. The Bertz CT molecular complexity index is 1340. The van der Waals surface area contributed by atoms with Crippen molar-refractivity contribution in [1.82, 2.24) is 0 Å². The molecule has 0 saturated carbocycles. The number of sulfonamides is 4. The molecule has 0 bridgehead atoms. The van der Waals surface area contributed by atoms with E-state index in [2.05, 4.69) is 45.0 Å². The average Bonchev–Trinajstić information content (AvgIpc) is 2.71. The van der Waals surface area contributed by atoms with Crippen molar-refractivity contribution in [1.29, 1.82) is 5.26 Å². The van der Waals surface area contributed by atoms with Crippen LogP contribution in [0.1, 0.15) is 37.8 Å². The fraction of sp³-hybridized carbons (Fsp3) is 0.562. The molecule has 0 aromatic heterocycles. The molecule has 0 unspecified atom stereocenters. The van der Waals surface area contributed by atoms with Gasteiger partial charge in [0.15, 0.2) is 40.1 Å². The molecule has 0 aliphatic rings. The SMILES string of the molecule is CC#N.Cc1ccc(C(C)C)cc1.O=S(=O)([N-]S(=O)(=O)C(F)(F)F)C(F)(F)F.O=S(=O)([N-]S(=O)(=O)C(F)(F)F)C(F)(F)F.[Ru+2]. The van der Waals surface area contributed by atoms with Gasteiger partial charge in [0.1, 0.15) is 0 Å². The van der Waals surface area contributed by atoms with E-state index in [1.54, 1.807) is 6.07 Å². The van der Waals surface area contributed by atoms with Crippen LogP contribution in [-0.4, -0.2) is 55.7 Å². The van der Waals surface area contributed by atoms with Crippen LogP contribution in [0.4, 0.5) is 52.7 Å². The summed E-state index contributed by atoms with van der Waals surface area (Å²) in [5.41, 5.74) is -22.1. The molecule has 44 heavy (non-hydrogen) atoms. The van der Waals surface area contributed by atoms with Gasteiger partial charge in [0.05, 0.1) is 6.07 Å². The third kappa shape index (κ3) is 17.1. The number of halogens is 12. The van der Waals surface area contributed by atoms with Crippen molar-refractivity contribution in [3.63, 3.8) is 0 Å². The molecule has 0 amide bonds. The smallest absolute Gasteiger partial charge is 0.421 e. The summed E-state index contributed by atoms with van der Waals surface area (Å²) in [6, 6.07) is 10.5. The zero-order valence-electron chi connectivity index (χ0n) is 21.5. The number of rotatable bonds is 5. The van der Waals surface area contributed by atoms with Crippen molar-refractivity contribution in [2.24, 2.45) is 0 Å². The number of nitrogens with zero attached hydrogens (tertiary/aromatic N) is 3. The Hall–Kier alpha value is -1.79. The molecule has 0 fully saturated rings. The van der Waals surface area contributed by atoms with Gasteiger partial charge in [-0.15, -0.1) is 0 Å². The zero-order chi connectivity index (χ0) is 35.7. The second-order valence-corrected chi connectivity index (χ2v) is 14.0. The average molecular weight is 837 g/mol. The quantitative estimate of drug-likeness (QED) is 0.262. The van der Waals surface area contributed by atoms with Crippen LogP contribution >= 0.6 is 0 Å². The Balaban J connectivity index is -0.000000262. The maximum Gasteiger partial charge on any atom is 2.00 e. The third-order valence-corrected chi connectivity index (χ3v) is 8.79. The first-order chi connectivity index (χ1) is 18.5. The molecule has 0 aliphatic carbocycles. The Kier molecular flexibility index (Phi) is 19.2. The van der Waals surface area contributed by atoms with Crippen LogP contribution in [0.3, 0.4) is 0 Å². The number of hydrogen-bond donors (Lipinski definition) is 0. The molecular weight excluding hydrogens is 820 g/mol. The van der Waals surface area contributed by atoms with Crippen molar-refractivity contribution < 1.29 is 106 Å². The second-order valence-electron chi connectivity index (χ2n) is 7.12. The first-order valence-corrected chi connectivity index (χ1v) is 15.4. The van der Waals surface area contributed by atoms with E-state index in [1.807, 2.05) is 0 Å². The molecule has 1 aromatic rings. The van der Waals surface area contributed by atoms with Gasteiger partial charge in [-0.2, -0.15) is 57.9 Å². The summed E-state index contributed by atoms with van der Waals surface area (Å²) in [6.07, 6.45) is 0. The fourth-order valence-corrected chi connectivity index (χ4v) is 4.80. The largest absolute Gasteiger partial charge is 2.00 e. The van der Waals surface area contributed by atoms with E-state index in [9.17, 15) is 86.4 Å². The van der Waals surface area contributed by atoms with Crippen LogP contribution in [0.2, 0.25) is 0 Å². The molecule has 1 rings (SSSR count). The molecule has 0 heterocycles. The van der Waals surface area contributed by atoms with Gasteiger partial charge in [-0.1, -0.05) is 43.7 Å². The minimum absolute atomic E-state index is 0. The van der Waals surface area contributed by atoms with Gasteiger partial charge in [0.25, 0.3) is 0 Å². The van der Waals surface area contributed by atoms with Crippen molar-refractivity contribution in [3.05, 3.63) is 43.6 Å².